The summed E-state index contributed by atoms with van der Waals surface area (Å²) in [6.45, 7) is 5.92. The summed E-state index contributed by atoms with van der Waals surface area (Å²) in [5, 5.41) is 8.29. The summed E-state index contributed by atoms with van der Waals surface area (Å²) in [6, 6.07) is 2.37. The molecule has 0 bridgehead atoms. The fourth-order valence-corrected chi connectivity index (χ4v) is 2.32. The van der Waals surface area contributed by atoms with E-state index in [1.165, 1.54) is 25.7 Å². The number of hydrogen-bond donors (Lipinski definition) is 2. The van der Waals surface area contributed by atoms with E-state index in [0.29, 0.717) is 11.2 Å². The summed E-state index contributed by atoms with van der Waals surface area (Å²) in [4.78, 5) is 3.95. The number of nitrogens with two attached hydrogens (primary N) is 1. The summed E-state index contributed by atoms with van der Waals surface area (Å²) in [5.74, 6) is 0. The molecule has 0 radical (unpaired) electrons. The van der Waals surface area contributed by atoms with Crippen molar-refractivity contribution in [1.29, 1.82) is 0 Å². The molecule has 1 fully saturated rings. The third-order valence-electron chi connectivity index (χ3n) is 3.00. The molecule has 4 nitrogen and oxygen atoms in total. The van der Waals surface area contributed by atoms with Crippen molar-refractivity contribution in [2.45, 2.75) is 52.5 Å². The highest BCUT2D eigenvalue weighted by molar-refractivity contribution is 6.34. The van der Waals surface area contributed by atoms with E-state index in [9.17, 15) is 0 Å². The largest absolute Gasteiger partial charge is 0.328 e. The quantitative estimate of drug-likeness (QED) is 0.722. The van der Waals surface area contributed by atoms with Gasteiger partial charge in [0.15, 0.2) is 0 Å². The first kappa shape index (κ1) is 15.9. The summed E-state index contributed by atoms with van der Waals surface area (Å²) in [5.41, 5.74) is 7.35. The molecule has 2 aromatic rings. The van der Waals surface area contributed by atoms with Crippen molar-refractivity contribution in [3.8, 4) is 0 Å². The first-order valence-corrected chi connectivity index (χ1v) is 7.27. The van der Waals surface area contributed by atoms with E-state index in [2.05, 4.69) is 15.2 Å². The second kappa shape index (κ2) is 8.12. The number of hydrogen-bond acceptors (Lipinski definition) is 3. The lowest BCUT2D eigenvalue weighted by Gasteiger charge is -1.92. The first-order valence-electron chi connectivity index (χ1n) is 6.89. The lowest BCUT2D eigenvalue weighted by molar-refractivity contribution is 0.704. The SMILES string of the molecule is CC.Cc1[nH]nc2ccnc(Cl)c12.NC1CCCC1. The van der Waals surface area contributed by atoms with Crippen LogP contribution in [0.3, 0.4) is 0 Å². The van der Waals surface area contributed by atoms with Gasteiger partial charge in [0.1, 0.15) is 5.15 Å². The number of halogens is 1. The van der Waals surface area contributed by atoms with E-state index in [1.807, 2.05) is 26.8 Å². The van der Waals surface area contributed by atoms with Crippen LogP contribution in [0.5, 0.6) is 0 Å². The van der Waals surface area contributed by atoms with Gasteiger partial charge in [-0.2, -0.15) is 5.10 Å². The molecule has 2 heterocycles. The van der Waals surface area contributed by atoms with Crippen LogP contribution < -0.4 is 5.73 Å². The number of nitrogens with zero attached hydrogens (tertiary/aromatic N) is 2. The van der Waals surface area contributed by atoms with Crippen LogP contribution in [0.4, 0.5) is 0 Å². The minimum absolute atomic E-state index is 0.508. The van der Waals surface area contributed by atoms with E-state index >= 15 is 0 Å². The number of rotatable bonds is 0. The maximum atomic E-state index is 5.83. The zero-order chi connectivity index (χ0) is 14.3. The minimum atomic E-state index is 0.508. The lowest BCUT2D eigenvalue weighted by Crippen LogP contribution is -2.13. The molecule has 0 spiro atoms. The van der Waals surface area contributed by atoms with E-state index in [0.717, 1.165) is 16.6 Å². The molecule has 3 N–H and O–H groups in total. The molecule has 1 aliphatic rings. The normalized spacial score (nSPS) is 14.6. The van der Waals surface area contributed by atoms with Gasteiger partial charge in [0, 0.05) is 17.9 Å². The van der Waals surface area contributed by atoms with Crippen LogP contribution in [0.1, 0.15) is 45.2 Å². The molecule has 0 atom stereocenters. The lowest BCUT2D eigenvalue weighted by atomic mass is 10.3. The van der Waals surface area contributed by atoms with E-state index in [4.69, 9.17) is 17.3 Å². The maximum absolute atomic E-state index is 5.83. The van der Waals surface area contributed by atoms with E-state index < -0.39 is 0 Å². The molecule has 3 rings (SSSR count). The van der Waals surface area contributed by atoms with Gasteiger partial charge in [-0.3, -0.25) is 5.10 Å². The molecule has 0 unspecified atom stereocenters. The summed E-state index contributed by atoms with van der Waals surface area (Å²) in [7, 11) is 0. The topological polar surface area (TPSA) is 67.6 Å². The summed E-state index contributed by atoms with van der Waals surface area (Å²) < 4.78 is 0. The van der Waals surface area contributed by atoms with Gasteiger partial charge in [0.2, 0.25) is 0 Å². The Morgan fingerprint density at radius 3 is 2.42 bits per heavy atom. The average molecular weight is 283 g/mol. The summed E-state index contributed by atoms with van der Waals surface area (Å²) >= 11 is 5.83. The van der Waals surface area contributed by atoms with Gasteiger partial charge in [-0.05, 0) is 25.8 Å². The Kier molecular flexibility index (Phi) is 6.81. The Hall–Kier alpha value is -1.13. The van der Waals surface area contributed by atoms with Crippen molar-refractivity contribution in [3.05, 3.63) is 23.1 Å². The van der Waals surface area contributed by atoms with Crippen molar-refractivity contribution < 1.29 is 0 Å². The van der Waals surface area contributed by atoms with Crippen molar-refractivity contribution >= 4 is 22.5 Å². The van der Waals surface area contributed by atoms with Gasteiger partial charge in [-0.1, -0.05) is 38.3 Å². The van der Waals surface area contributed by atoms with Crippen LogP contribution in [-0.2, 0) is 0 Å². The highest BCUT2D eigenvalue weighted by Crippen LogP contribution is 2.21. The highest BCUT2D eigenvalue weighted by atomic mass is 35.5. The van der Waals surface area contributed by atoms with Crippen LogP contribution in [0.2, 0.25) is 5.15 Å². The average Bonchev–Trinajstić information content (AvgIpc) is 3.03. The molecular formula is C14H23ClN4. The molecule has 0 saturated heterocycles. The Balaban J connectivity index is 0.000000192. The fraction of sp³-hybridized carbons (Fsp3) is 0.571. The first-order chi connectivity index (χ1) is 9.18. The van der Waals surface area contributed by atoms with Crippen LogP contribution in [0.25, 0.3) is 10.9 Å². The smallest absolute Gasteiger partial charge is 0.140 e. The van der Waals surface area contributed by atoms with Crippen LogP contribution in [0, 0.1) is 6.92 Å². The monoisotopic (exact) mass is 282 g/mol. The molecule has 0 amide bonds. The zero-order valence-corrected chi connectivity index (χ0v) is 12.7. The van der Waals surface area contributed by atoms with Crippen molar-refractivity contribution in [1.82, 2.24) is 15.2 Å². The molecule has 1 aliphatic carbocycles. The molecule has 2 aromatic heterocycles. The Morgan fingerprint density at radius 2 is 1.95 bits per heavy atom. The fourth-order valence-electron chi connectivity index (χ4n) is 2.02. The van der Waals surface area contributed by atoms with Crippen molar-refractivity contribution in [2.75, 3.05) is 0 Å². The molecule has 0 aromatic carbocycles. The standard InChI is InChI=1S/C7H6ClN3.C5H11N.C2H6/c1-4-6-5(11-10-4)2-3-9-7(6)8;6-5-3-1-2-4-5;1-2/h2-3H,1H3,(H,10,11);5H,1-4,6H2;1-2H3. The zero-order valence-electron chi connectivity index (χ0n) is 11.9. The molecule has 106 valence electrons. The Bertz CT molecular complexity index is 489. The van der Waals surface area contributed by atoms with Gasteiger partial charge >= 0.3 is 0 Å². The highest BCUT2D eigenvalue weighted by Gasteiger charge is 2.07. The third-order valence-corrected chi connectivity index (χ3v) is 3.29. The third kappa shape index (κ3) is 4.48. The predicted octanol–water partition coefficient (Wildman–Crippen LogP) is 3.83. The van der Waals surface area contributed by atoms with Crippen LogP contribution >= 0.6 is 11.6 Å². The number of nitrogens with one attached hydrogen (secondary N) is 1. The molecule has 5 heteroatoms. The number of aromatic amines is 1. The van der Waals surface area contributed by atoms with E-state index in [-0.39, 0.29) is 0 Å². The van der Waals surface area contributed by atoms with Gasteiger partial charge in [0.25, 0.3) is 0 Å². The minimum Gasteiger partial charge on any atom is -0.328 e. The van der Waals surface area contributed by atoms with Crippen LogP contribution in [-0.4, -0.2) is 21.2 Å². The number of fused-ring (bicyclic) bond motifs is 1. The molecule has 1 saturated carbocycles. The number of H-pyrrole nitrogens is 1. The van der Waals surface area contributed by atoms with Gasteiger partial charge in [-0.25, -0.2) is 4.98 Å². The molecule has 19 heavy (non-hydrogen) atoms. The molecular weight excluding hydrogens is 260 g/mol. The van der Waals surface area contributed by atoms with Gasteiger partial charge in [0.05, 0.1) is 10.9 Å². The van der Waals surface area contributed by atoms with E-state index in [1.54, 1.807) is 6.20 Å². The van der Waals surface area contributed by atoms with Crippen molar-refractivity contribution in [3.63, 3.8) is 0 Å². The number of aromatic nitrogens is 3. The second-order valence-electron chi connectivity index (χ2n) is 4.39. The number of pyridine rings is 1. The predicted molar refractivity (Wildman–Crippen MR) is 81.4 cm³/mol. The van der Waals surface area contributed by atoms with Crippen LogP contribution in [0.15, 0.2) is 12.3 Å². The number of aryl methyl sites for hydroxylation is 1. The summed E-state index contributed by atoms with van der Waals surface area (Å²) in [6.07, 6.45) is 6.90. The molecule has 0 aliphatic heterocycles. The van der Waals surface area contributed by atoms with Crippen molar-refractivity contribution in [2.24, 2.45) is 5.73 Å². The second-order valence-corrected chi connectivity index (χ2v) is 4.75. The van der Waals surface area contributed by atoms with Gasteiger partial charge in [-0.15, -0.1) is 0 Å². The van der Waals surface area contributed by atoms with Gasteiger partial charge < -0.3 is 5.73 Å². The Morgan fingerprint density at radius 1 is 1.32 bits per heavy atom. The Labute approximate surface area is 119 Å². The maximum Gasteiger partial charge on any atom is 0.140 e.